The fraction of sp³-hybridized carbons (Fsp3) is 0.667. The van der Waals surface area contributed by atoms with Gasteiger partial charge in [-0.25, -0.2) is 0 Å². The highest BCUT2D eigenvalue weighted by atomic mass is 16.2. The Bertz CT molecular complexity index is 998. The third kappa shape index (κ3) is 17.1. The molecule has 0 atom stereocenters. The molecule has 0 unspecified atom stereocenters. The summed E-state index contributed by atoms with van der Waals surface area (Å²) < 4.78 is 0. The first kappa shape index (κ1) is 41.5. The average Bonchev–Trinajstić information content (AvgIpc) is 3.12. The van der Waals surface area contributed by atoms with Crippen molar-refractivity contribution in [2.75, 3.05) is 39.5 Å². The molecule has 0 aliphatic carbocycles. The first-order chi connectivity index (χ1) is 23.5. The summed E-state index contributed by atoms with van der Waals surface area (Å²) in [5, 5.41) is 7.05. The Balaban J connectivity index is 1.95. The van der Waals surface area contributed by atoms with Gasteiger partial charge in [-0.15, -0.1) is 0 Å². The van der Waals surface area contributed by atoms with Gasteiger partial charge < -0.3 is 9.80 Å². The van der Waals surface area contributed by atoms with Gasteiger partial charge >= 0.3 is 0 Å². The number of carbonyl (C=O) groups excluding carboxylic acids is 2. The van der Waals surface area contributed by atoms with E-state index in [1.165, 1.54) is 64.2 Å². The summed E-state index contributed by atoms with van der Waals surface area (Å²) in [7, 11) is 0. The van der Waals surface area contributed by atoms with E-state index >= 15 is 0 Å². The Morgan fingerprint density at radius 3 is 1.10 bits per heavy atom. The molecule has 0 aromatic heterocycles. The number of nitrogens with zero attached hydrogens (tertiary/aromatic N) is 2. The second-order valence-corrected chi connectivity index (χ2v) is 13.6. The summed E-state index contributed by atoms with van der Waals surface area (Å²) in [6.07, 6.45) is 21.9. The summed E-state index contributed by atoms with van der Waals surface area (Å²) in [4.78, 5) is 31.0. The second-order valence-electron chi connectivity index (χ2n) is 13.6. The Kier molecular flexibility index (Phi) is 23.5. The van der Waals surface area contributed by atoms with Crippen LogP contribution < -0.4 is 10.6 Å². The van der Waals surface area contributed by atoms with Crippen LogP contribution in [0.3, 0.4) is 0 Å². The Morgan fingerprint density at radius 1 is 0.438 bits per heavy atom. The van der Waals surface area contributed by atoms with E-state index in [0.29, 0.717) is 13.3 Å². The lowest BCUT2D eigenvalue weighted by Gasteiger charge is -2.24. The molecule has 6 nitrogen and oxygen atoms in total. The molecule has 0 aliphatic heterocycles. The summed E-state index contributed by atoms with van der Waals surface area (Å²) in [5.74, 6) is 0.171. The predicted molar refractivity (Wildman–Crippen MR) is 205 cm³/mol. The fourth-order valence-electron chi connectivity index (χ4n) is 6.07. The quantitative estimate of drug-likeness (QED) is 0.0672. The van der Waals surface area contributed by atoms with Crippen molar-refractivity contribution in [3.05, 3.63) is 59.7 Å². The summed E-state index contributed by atoms with van der Waals surface area (Å²) in [6, 6.07) is 15.9. The van der Waals surface area contributed by atoms with Gasteiger partial charge in [-0.2, -0.15) is 0 Å². The molecule has 0 heterocycles. The molecule has 2 N–H and O–H groups in total. The molecule has 0 radical (unpaired) electrons. The molecular formula is C42H70N4O2. The van der Waals surface area contributed by atoms with Crippen molar-refractivity contribution in [1.29, 1.82) is 0 Å². The zero-order chi connectivity index (χ0) is 34.7. The number of nitrogens with one attached hydrogen (secondary N) is 2. The monoisotopic (exact) mass is 663 g/mol. The minimum atomic E-state index is 0.0855. The van der Waals surface area contributed by atoms with Crippen LogP contribution in [0.5, 0.6) is 0 Å². The van der Waals surface area contributed by atoms with E-state index in [1.807, 2.05) is 58.3 Å². The highest BCUT2D eigenvalue weighted by molar-refractivity contribution is 5.95. The van der Waals surface area contributed by atoms with Crippen LogP contribution in [0.4, 0.5) is 0 Å². The molecule has 270 valence electrons. The van der Waals surface area contributed by atoms with Crippen molar-refractivity contribution >= 4 is 11.8 Å². The number of hydrogen-bond acceptors (Lipinski definition) is 4. The molecule has 2 rings (SSSR count). The number of hydrogen-bond donors (Lipinski definition) is 2. The highest BCUT2D eigenvalue weighted by Gasteiger charge is 2.17. The van der Waals surface area contributed by atoms with E-state index in [0.717, 1.165) is 99.8 Å². The summed E-state index contributed by atoms with van der Waals surface area (Å²) in [6.45, 7) is 13.5. The average molecular weight is 663 g/mol. The maximum atomic E-state index is 13.5. The molecule has 2 amide bonds. The lowest BCUT2D eigenvalue weighted by molar-refractivity contribution is 0.0731. The van der Waals surface area contributed by atoms with Gasteiger partial charge in [0.25, 0.3) is 11.8 Å². The zero-order valence-corrected chi connectivity index (χ0v) is 31.3. The maximum absolute atomic E-state index is 13.5. The Morgan fingerprint density at radius 2 is 0.750 bits per heavy atom. The highest BCUT2D eigenvalue weighted by Crippen LogP contribution is 2.22. The molecule has 6 heteroatoms. The van der Waals surface area contributed by atoms with Gasteiger partial charge in [0.15, 0.2) is 0 Å². The lowest BCUT2D eigenvalue weighted by atomic mass is 10.0. The van der Waals surface area contributed by atoms with Gasteiger partial charge in [-0.05, 0) is 74.2 Å². The Labute approximate surface area is 294 Å². The maximum Gasteiger partial charge on any atom is 0.254 e. The van der Waals surface area contributed by atoms with Crippen molar-refractivity contribution < 1.29 is 9.59 Å². The smallest absolute Gasteiger partial charge is 0.254 e. The van der Waals surface area contributed by atoms with Gasteiger partial charge in [-0.3, -0.25) is 20.2 Å². The van der Waals surface area contributed by atoms with Crippen molar-refractivity contribution in [3.8, 4) is 11.1 Å². The van der Waals surface area contributed by atoms with E-state index in [2.05, 4.69) is 38.3 Å². The number of rotatable bonds is 29. The lowest BCUT2D eigenvalue weighted by Crippen LogP contribution is -2.40. The van der Waals surface area contributed by atoms with E-state index < -0.39 is 0 Å². The first-order valence-electron chi connectivity index (χ1n) is 19.8. The molecule has 0 fully saturated rings. The zero-order valence-electron chi connectivity index (χ0n) is 31.3. The third-order valence-corrected chi connectivity index (χ3v) is 9.25. The molecule has 48 heavy (non-hydrogen) atoms. The summed E-state index contributed by atoms with van der Waals surface area (Å²) >= 11 is 0. The Hall–Kier alpha value is -2.70. The molecule has 2 aromatic rings. The molecule has 0 saturated carbocycles. The number of unbranched alkanes of at least 4 members (excludes halogenated alkanes) is 14. The SMILES string of the molecule is CCCCCCCCNCN(CCCCC)C(=O)c1ccc(-c2ccc(C(=O)N(CCCCC)CNCCCCCCCC)cc2)cc1. The molecule has 2 aromatic carbocycles. The molecule has 0 spiro atoms. The summed E-state index contributed by atoms with van der Waals surface area (Å²) in [5.41, 5.74) is 3.54. The van der Waals surface area contributed by atoms with E-state index in [1.54, 1.807) is 0 Å². The van der Waals surface area contributed by atoms with Crippen molar-refractivity contribution in [2.24, 2.45) is 0 Å². The number of amides is 2. The minimum absolute atomic E-state index is 0.0855. The molecule has 0 bridgehead atoms. The number of carbonyl (C=O) groups is 2. The van der Waals surface area contributed by atoms with Gasteiger partial charge in [0.05, 0.1) is 13.3 Å². The molecular weight excluding hydrogens is 592 g/mol. The molecule has 0 aliphatic rings. The minimum Gasteiger partial charge on any atom is -0.326 e. The van der Waals surface area contributed by atoms with Crippen LogP contribution in [-0.2, 0) is 0 Å². The van der Waals surface area contributed by atoms with Crippen LogP contribution in [0, 0.1) is 0 Å². The van der Waals surface area contributed by atoms with Gasteiger partial charge in [-0.1, -0.05) is 142 Å². The van der Waals surface area contributed by atoms with Crippen LogP contribution in [0.25, 0.3) is 11.1 Å². The van der Waals surface area contributed by atoms with Gasteiger partial charge in [0, 0.05) is 24.2 Å². The van der Waals surface area contributed by atoms with Crippen LogP contribution in [0.2, 0.25) is 0 Å². The normalized spacial score (nSPS) is 11.2. The largest absolute Gasteiger partial charge is 0.326 e. The van der Waals surface area contributed by atoms with Crippen LogP contribution in [-0.4, -0.2) is 61.1 Å². The molecule has 0 saturated heterocycles. The standard InChI is InChI=1S/C42H70N4O2/c1-5-9-13-15-17-19-31-43-35-45(33-21-11-7-3)41(47)39-27-23-37(24-28-39)38-25-29-40(30-26-38)42(48)46(34-22-12-8-4)36-44-32-20-18-16-14-10-6-2/h23-30,43-44H,5-22,31-36H2,1-4H3. The van der Waals surface area contributed by atoms with E-state index in [4.69, 9.17) is 0 Å². The van der Waals surface area contributed by atoms with Crippen molar-refractivity contribution in [2.45, 2.75) is 143 Å². The van der Waals surface area contributed by atoms with E-state index in [-0.39, 0.29) is 11.8 Å². The van der Waals surface area contributed by atoms with Crippen LogP contribution >= 0.6 is 0 Å². The third-order valence-electron chi connectivity index (χ3n) is 9.25. The first-order valence-corrected chi connectivity index (χ1v) is 19.8. The van der Waals surface area contributed by atoms with Crippen molar-refractivity contribution in [3.63, 3.8) is 0 Å². The van der Waals surface area contributed by atoms with Gasteiger partial charge in [0.2, 0.25) is 0 Å². The van der Waals surface area contributed by atoms with E-state index in [9.17, 15) is 9.59 Å². The second kappa shape index (κ2) is 27.2. The number of benzene rings is 2. The topological polar surface area (TPSA) is 64.7 Å². The predicted octanol–water partition coefficient (Wildman–Crippen LogP) is 10.4. The van der Waals surface area contributed by atoms with Crippen LogP contribution in [0.15, 0.2) is 48.5 Å². The van der Waals surface area contributed by atoms with Crippen molar-refractivity contribution in [1.82, 2.24) is 20.4 Å². The van der Waals surface area contributed by atoms with Gasteiger partial charge in [0.1, 0.15) is 0 Å². The van der Waals surface area contributed by atoms with Crippen LogP contribution in [0.1, 0.15) is 164 Å². The fourth-order valence-corrected chi connectivity index (χ4v) is 6.07.